The number of nitrogens with zero attached hydrogens (tertiary/aromatic N) is 1. The number of halogens is 1. The van der Waals surface area contributed by atoms with Crippen molar-refractivity contribution in [3.05, 3.63) is 20.8 Å². The maximum Gasteiger partial charge on any atom is 0.0610 e. The second-order valence-electron chi connectivity index (χ2n) is 4.56. The lowest BCUT2D eigenvalue weighted by Gasteiger charge is -2.45. The first-order valence-electron chi connectivity index (χ1n) is 6.11. The molecule has 0 saturated carbocycles. The fourth-order valence-corrected chi connectivity index (χ4v) is 4.53. The van der Waals surface area contributed by atoms with Gasteiger partial charge in [0.15, 0.2) is 0 Å². The van der Waals surface area contributed by atoms with E-state index in [1.54, 1.807) is 0 Å². The monoisotopic (exact) mass is 318 g/mol. The first kappa shape index (κ1) is 15.2. The average molecular weight is 319 g/mol. The quantitative estimate of drug-likeness (QED) is 0.856. The third-order valence-electron chi connectivity index (χ3n) is 3.85. The van der Waals surface area contributed by atoms with Crippen molar-refractivity contribution in [2.24, 2.45) is 0 Å². The van der Waals surface area contributed by atoms with Gasteiger partial charge in [0.05, 0.1) is 6.04 Å². The molecule has 0 aliphatic heterocycles. The fourth-order valence-electron chi connectivity index (χ4n) is 2.70. The highest BCUT2D eigenvalue weighted by Gasteiger charge is 2.39. The van der Waals surface area contributed by atoms with Crippen LogP contribution in [-0.2, 0) is 0 Å². The first-order chi connectivity index (χ1) is 8.03. The summed E-state index contributed by atoms with van der Waals surface area (Å²) in [6, 6.07) is 2.50. The number of rotatable bonds is 6. The zero-order valence-electron chi connectivity index (χ0n) is 11.4. The lowest BCUT2D eigenvalue weighted by atomic mass is 9.82. The van der Waals surface area contributed by atoms with Crippen molar-refractivity contribution >= 4 is 27.3 Å². The SMILES string of the molecule is CCC(CC)(C(NC)c1sccc1Br)N(C)C. The van der Waals surface area contributed by atoms with Crippen LogP contribution in [0.1, 0.15) is 37.6 Å². The van der Waals surface area contributed by atoms with Gasteiger partial charge < -0.3 is 10.2 Å². The van der Waals surface area contributed by atoms with E-state index in [1.165, 1.54) is 9.35 Å². The smallest absolute Gasteiger partial charge is 0.0610 e. The van der Waals surface area contributed by atoms with Crippen LogP contribution in [0.25, 0.3) is 0 Å². The molecule has 1 aromatic heterocycles. The van der Waals surface area contributed by atoms with Gasteiger partial charge in [0.1, 0.15) is 0 Å². The van der Waals surface area contributed by atoms with Gasteiger partial charge in [-0.05, 0) is 61.4 Å². The van der Waals surface area contributed by atoms with Gasteiger partial charge in [-0.25, -0.2) is 0 Å². The predicted molar refractivity (Wildman–Crippen MR) is 80.8 cm³/mol. The van der Waals surface area contributed by atoms with Gasteiger partial charge in [-0.1, -0.05) is 13.8 Å². The molecule has 4 heteroatoms. The zero-order valence-corrected chi connectivity index (χ0v) is 13.8. The highest BCUT2D eigenvalue weighted by Crippen LogP contribution is 2.40. The highest BCUT2D eigenvalue weighted by atomic mass is 79.9. The second kappa shape index (κ2) is 6.32. The number of hydrogen-bond donors (Lipinski definition) is 1. The molecule has 1 atom stereocenters. The van der Waals surface area contributed by atoms with Crippen LogP contribution in [-0.4, -0.2) is 31.6 Å². The highest BCUT2D eigenvalue weighted by molar-refractivity contribution is 9.10. The molecule has 2 nitrogen and oxygen atoms in total. The number of thiophene rings is 1. The van der Waals surface area contributed by atoms with Gasteiger partial charge >= 0.3 is 0 Å². The van der Waals surface area contributed by atoms with Gasteiger partial charge in [-0.3, -0.25) is 0 Å². The molecule has 0 radical (unpaired) electrons. The van der Waals surface area contributed by atoms with Crippen molar-refractivity contribution in [1.82, 2.24) is 10.2 Å². The summed E-state index contributed by atoms with van der Waals surface area (Å²) in [6.45, 7) is 4.55. The van der Waals surface area contributed by atoms with Crippen molar-refractivity contribution in [3.63, 3.8) is 0 Å². The van der Waals surface area contributed by atoms with Crippen LogP contribution in [0.2, 0.25) is 0 Å². The minimum Gasteiger partial charge on any atom is -0.311 e. The van der Waals surface area contributed by atoms with E-state index in [-0.39, 0.29) is 5.54 Å². The Labute approximate surface area is 118 Å². The summed E-state index contributed by atoms with van der Waals surface area (Å²) < 4.78 is 1.22. The van der Waals surface area contributed by atoms with E-state index in [4.69, 9.17) is 0 Å². The Kier molecular flexibility index (Phi) is 5.64. The van der Waals surface area contributed by atoms with Gasteiger partial charge in [-0.15, -0.1) is 11.3 Å². The first-order valence-corrected chi connectivity index (χ1v) is 7.78. The lowest BCUT2D eigenvalue weighted by molar-refractivity contribution is 0.0930. The maximum absolute atomic E-state index is 3.66. The standard InChI is InChI=1S/C13H23BrN2S/c1-6-13(7-2,16(4)5)12(15-3)11-10(14)8-9-17-11/h8-9,12,15H,6-7H2,1-5H3. The molecule has 17 heavy (non-hydrogen) atoms. The zero-order chi connectivity index (χ0) is 13.1. The summed E-state index contributed by atoms with van der Waals surface area (Å²) in [5.74, 6) is 0. The number of hydrogen-bond acceptors (Lipinski definition) is 3. The molecule has 98 valence electrons. The van der Waals surface area contributed by atoms with Gasteiger partial charge in [0.25, 0.3) is 0 Å². The Morgan fingerprint density at radius 1 is 1.41 bits per heavy atom. The largest absolute Gasteiger partial charge is 0.311 e. The van der Waals surface area contributed by atoms with E-state index in [2.05, 4.69) is 72.6 Å². The molecule has 1 N–H and O–H groups in total. The third-order valence-corrected chi connectivity index (χ3v) is 5.78. The number of likely N-dealkylation sites (N-methyl/N-ethyl adjacent to an activating group) is 2. The minimum atomic E-state index is 0.169. The molecule has 0 aromatic carbocycles. The van der Waals surface area contributed by atoms with Crippen molar-refractivity contribution < 1.29 is 0 Å². The molecular formula is C13H23BrN2S. The fraction of sp³-hybridized carbons (Fsp3) is 0.692. The van der Waals surface area contributed by atoms with Crippen molar-refractivity contribution in [1.29, 1.82) is 0 Å². The lowest BCUT2D eigenvalue weighted by Crippen LogP contribution is -2.52. The van der Waals surface area contributed by atoms with Gasteiger partial charge in [0, 0.05) is 14.9 Å². The topological polar surface area (TPSA) is 15.3 Å². The van der Waals surface area contributed by atoms with Crippen molar-refractivity contribution in [2.75, 3.05) is 21.1 Å². The van der Waals surface area contributed by atoms with Crippen LogP contribution >= 0.6 is 27.3 Å². The summed E-state index contributed by atoms with van der Waals surface area (Å²) in [7, 11) is 6.41. The van der Waals surface area contributed by atoms with E-state index in [1.807, 2.05) is 11.3 Å². The van der Waals surface area contributed by atoms with Crippen LogP contribution in [0.15, 0.2) is 15.9 Å². The molecule has 0 fully saturated rings. The molecule has 0 saturated heterocycles. The van der Waals surface area contributed by atoms with E-state index >= 15 is 0 Å². The minimum absolute atomic E-state index is 0.169. The molecular weight excluding hydrogens is 296 g/mol. The Morgan fingerprint density at radius 2 is 2.00 bits per heavy atom. The summed E-state index contributed by atoms with van der Waals surface area (Å²) >= 11 is 5.48. The Hall–Kier alpha value is 0.1000. The van der Waals surface area contributed by atoms with Crippen molar-refractivity contribution in [3.8, 4) is 0 Å². The van der Waals surface area contributed by atoms with Crippen LogP contribution in [0.4, 0.5) is 0 Å². The van der Waals surface area contributed by atoms with Gasteiger partial charge in [0.2, 0.25) is 0 Å². The van der Waals surface area contributed by atoms with E-state index < -0.39 is 0 Å². The van der Waals surface area contributed by atoms with Crippen molar-refractivity contribution in [2.45, 2.75) is 38.3 Å². The molecule has 0 aliphatic carbocycles. The predicted octanol–water partition coefficient (Wildman–Crippen LogP) is 3.89. The summed E-state index contributed by atoms with van der Waals surface area (Å²) in [4.78, 5) is 3.75. The van der Waals surface area contributed by atoms with Crippen LogP contribution in [0.3, 0.4) is 0 Å². The van der Waals surface area contributed by atoms with Crippen LogP contribution in [0, 0.1) is 0 Å². The molecule has 0 bridgehead atoms. The van der Waals surface area contributed by atoms with Crippen LogP contribution < -0.4 is 5.32 Å². The Balaban J connectivity index is 3.19. The van der Waals surface area contributed by atoms with E-state index in [0.717, 1.165) is 12.8 Å². The molecule has 0 amide bonds. The average Bonchev–Trinajstić information content (AvgIpc) is 2.72. The van der Waals surface area contributed by atoms with Crippen LogP contribution in [0.5, 0.6) is 0 Å². The molecule has 1 rings (SSSR count). The Bertz CT molecular complexity index is 345. The molecule has 1 aromatic rings. The number of nitrogens with one attached hydrogen (secondary N) is 1. The normalized spacial score (nSPS) is 14.3. The molecule has 1 heterocycles. The van der Waals surface area contributed by atoms with E-state index in [9.17, 15) is 0 Å². The third kappa shape index (κ3) is 2.75. The Morgan fingerprint density at radius 3 is 2.29 bits per heavy atom. The molecule has 0 aliphatic rings. The molecule has 1 unspecified atom stereocenters. The second-order valence-corrected chi connectivity index (χ2v) is 6.36. The summed E-state index contributed by atoms with van der Waals surface area (Å²) in [6.07, 6.45) is 2.26. The maximum atomic E-state index is 3.66. The summed E-state index contributed by atoms with van der Waals surface area (Å²) in [5.41, 5.74) is 0.169. The van der Waals surface area contributed by atoms with Gasteiger partial charge in [-0.2, -0.15) is 0 Å². The summed E-state index contributed by atoms with van der Waals surface area (Å²) in [5, 5.41) is 5.66. The van der Waals surface area contributed by atoms with E-state index in [0.29, 0.717) is 6.04 Å². The molecule has 0 spiro atoms.